The molecule has 1 aliphatic rings. The molecule has 0 radical (unpaired) electrons. The van der Waals surface area contributed by atoms with Crippen molar-refractivity contribution in [3.05, 3.63) is 18.5 Å². The Labute approximate surface area is 112 Å². The zero-order valence-corrected chi connectivity index (χ0v) is 11.0. The fourth-order valence-electron chi connectivity index (χ4n) is 2.16. The van der Waals surface area contributed by atoms with Crippen LogP contribution in [0.4, 0.5) is 5.95 Å². The van der Waals surface area contributed by atoms with Gasteiger partial charge in [0.1, 0.15) is 0 Å². The van der Waals surface area contributed by atoms with E-state index in [0.29, 0.717) is 6.42 Å². The average Bonchev–Trinajstić information content (AvgIpc) is 2.48. The number of anilines is 1. The molecule has 19 heavy (non-hydrogen) atoms. The first-order valence-electron chi connectivity index (χ1n) is 6.53. The summed E-state index contributed by atoms with van der Waals surface area (Å²) >= 11 is 0. The molecule has 0 spiro atoms. The summed E-state index contributed by atoms with van der Waals surface area (Å²) in [5, 5.41) is 0. The molecule has 7 nitrogen and oxygen atoms in total. The second-order valence-corrected chi connectivity index (χ2v) is 4.55. The van der Waals surface area contributed by atoms with E-state index in [1.807, 2.05) is 6.07 Å². The second kappa shape index (κ2) is 7.01. The number of nitrogens with two attached hydrogens (primary N) is 1. The Kier molecular flexibility index (Phi) is 5.05. The molecular weight excluding hydrogens is 244 g/mol. The highest BCUT2D eigenvalue weighted by atomic mass is 16.2. The first kappa shape index (κ1) is 13.7. The lowest BCUT2D eigenvalue weighted by molar-refractivity contribution is -0.121. The topological polar surface area (TPSA) is 87.4 Å². The van der Waals surface area contributed by atoms with Gasteiger partial charge in [0.25, 0.3) is 0 Å². The Balaban J connectivity index is 1.69. The van der Waals surface area contributed by atoms with Gasteiger partial charge in [0.05, 0.1) is 0 Å². The Bertz CT molecular complexity index is 390. The summed E-state index contributed by atoms with van der Waals surface area (Å²) < 4.78 is 0. The van der Waals surface area contributed by atoms with E-state index in [2.05, 4.69) is 25.2 Å². The summed E-state index contributed by atoms with van der Waals surface area (Å²) in [6.45, 7) is 4.72. The number of carbonyl (C=O) groups excluding carboxylic acids is 1. The molecule has 7 heteroatoms. The van der Waals surface area contributed by atoms with Crippen LogP contribution in [0.5, 0.6) is 0 Å². The van der Waals surface area contributed by atoms with E-state index in [-0.39, 0.29) is 5.91 Å². The van der Waals surface area contributed by atoms with Crippen molar-refractivity contribution in [3.8, 4) is 0 Å². The van der Waals surface area contributed by atoms with Gasteiger partial charge in [0.2, 0.25) is 11.9 Å². The molecular formula is C12H20N6O. The highest BCUT2D eigenvalue weighted by molar-refractivity contribution is 5.75. The van der Waals surface area contributed by atoms with Gasteiger partial charge in [-0.15, -0.1) is 0 Å². The maximum atomic E-state index is 11.0. The van der Waals surface area contributed by atoms with E-state index in [1.54, 1.807) is 12.4 Å². The van der Waals surface area contributed by atoms with Crippen LogP contribution in [0.25, 0.3) is 0 Å². The molecule has 2 heterocycles. The van der Waals surface area contributed by atoms with Gasteiger partial charge in [-0.2, -0.15) is 0 Å². The first-order chi connectivity index (χ1) is 9.29. The normalized spacial score (nSPS) is 16.4. The number of hydrogen-bond donors (Lipinski definition) is 2. The largest absolute Gasteiger partial charge is 0.338 e. The van der Waals surface area contributed by atoms with Crippen LogP contribution in [-0.2, 0) is 4.79 Å². The van der Waals surface area contributed by atoms with Crippen LogP contribution >= 0.6 is 0 Å². The van der Waals surface area contributed by atoms with E-state index in [1.165, 1.54) is 0 Å². The van der Waals surface area contributed by atoms with Crippen molar-refractivity contribution in [2.24, 2.45) is 5.84 Å². The van der Waals surface area contributed by atoms with Crippen LogP contribution in [0, 0.1) is 0 Å². The molecule has 1 saturated heterocycles. The minimum absolute atomic E-state index is 0.101. The highest BCUT2D eigenvalue weighted by Gasteiger charge is 2.18. The van der Waals surface area contributed by atoms with Crippen LogP contribution < -0.4 is 16.2 Å². The third-order valence-corrected chi connectivity index (χ3v) is 3.25. The quantitative estimate of drug-likeness (QED) is 0.418. The lowest BCUT2D eigenvalue weighted by atomic mass is 10.2. The van der Waals surface area contributed by atoms with Crippen LogP contribution in [0.3, 0.4) is 0 Å². The van der Waals surface area contributed by atoms with Crippen molar-refractivity contribution < 1.29 is 4.79 Å². The molecule has 0 unspecified atom stereocenters. The third kappa shape index (κ3) is 4.15. The van der Waals surface area contributed by atoms with E-state index in [4.69, 9.17) is 5.84 Å². The molecule has 1 fully saturated rings. The van der Waals surface area contributed by atoms with Gasteiger partial charge in [-0.05, 0) is 19.0 Å². The molecule has 0 bridgehead atoms. The van der Waals surface area contributed by atoms with E-state index in [9.17, 15) is 4.79 Å². The van der Waals surface area contributed by atoms with Crippen molar-refractivity contribution in [2.75, 3.05) is 37.6 Å². The number of rotatable bonds is 5. The fraction of sp³-hybridized carbons (Fsp3) is 0.583. The summed E-state index contributed by atoms with van der Waals surface area (Å²) in [7, 11) is 0. The Hall–Kier alpha value is -1.73. The van der Waals surface area contributed by atoms with E-state index < -0.39 is 0 Å². The number of amides is 1. The zero-order valence-electron chi connectivity index (χ0n) is 11.0. The maximum absolute atomic E-state index is 11.0. The average molecular weight is 264 g/mol. The highest BCUT2D eigenvalue weighted by Crippen LogP contribution is 2.10. The molecule has 1 aliphatic heterocycles. The summed E-state index contributed by atoms with van der Waals surface area (Å²) in [5.74, 6) is 5.74. The van der Waals surface area contributed by atoms with Crippen molar-refractivity contribution in [2.45, 2.75) is 12.8 Å². The summed E-state index contributed by atoms with van der Waals surface area (Å²) in [5.41, 5.74) is 2.15. The summed E-state index contributed by atoms with van der Waals surface area (Å²) in [4.78, 5) is 24.1. The smallest absolute Gasteiger partial charge is 0.233 e. The van der Waals surface area contributed by atoms with Crippen LogP contribution in [0.1, 0.15) is 12.8 Å². The molecule has 1 amide bonds. The summed E-state index contributed by atoms with van der Waals surface area (Å²) in [6, 6.07) is 1.82. The zero-order chi connectivity index (χ0) is 13.5. The van der Waals surface area contributed by atoms with Crippen molar-refractivity contribution >= 4 is 11.9 Å². The fourth-order valence-corrected chi connectivity index (χ4v) is 2.16. The molecule has 2 rings (SSSR count). The van der Waals surface area contributed by atoms with Gasteiger partial charge in [-0.25, -0.2) is 15.8 Å². The molecule has 0 atom stereocenters. The van der Waals surface area contributed by atoms with Crippen LogP contribution in [0.15, 0.2) is 18.5 Å². The monoisotopic (exact) mass is 264 g/mol. The Morgan fingerprint density at radius 2 is 1.95 bits per heavy atom. The number of nitrogens with zero attached hydrogens (tertiary/aromatic N) is 4. The SMILES string of the molecule is NNC(=O)CCCN1CCN(c2ncccn2)CC1. The van der Waals surface area contributed by atoms with Gasteiger partial charge in [0.15, 0.2) is 0 Å². The Morgan fingerprint density at radius 3 is 2.58 bits per heavy atom. The van der Waals surface area contributed by atoms with Gasteiger partial charge in [0, 0.05) is 45.0 Å². The molecule has 0 aliphatic carbocycles. The van der Waals surface area contributed by atoms with Crippen molar-refractivity contribution in [3.63, 3.8) is 0 Å². The third-order valence-electron chi connectivity index (χ3n) is 3.25. The first-order valence-corrected chi connectivity index (χ1v) is 6.53. The number of piperazine rings is 1. The summed E-state index contributed by atoms with van der Waals surface area (Å²) in [6.07, 6.45) is 4.85. The predicted octanol–water partition coefficient (Wildman–Crippen LogP) is -0.631. The molecule has 1 aromatic heterocycles. The number of hydrogen-bond acceptors (Lipinski definition) is 6. The minimum atomic E-state index is -0.101. The van der Waals surface area contributed by atoms with Gasteiger partial charge in [-0.3, -0.25) is 15.1 Å². The number of hydrazine groups is 1. The maximum Gasteiger partial charge on any atom is 0.233 e. The van der Waals surface area contributed by atoms with Gasteiger partial charge >= 0.3 is 0 Å². The minimum Gasteiger partial charge on any atom is -0.338 e. The number of aromatic nitrogens is 2. The lowest BCUT2D eigenvalue weighted by Crippen LogP contribution is -2.47. The molecule has 0 aromatic carbocycles. The van der Waals surface area contributed by atoms with Crippen LogP contribution in [0.2, 0.25) is 0 Å². The Morgan fingerprint density at radius 1 is 1.26 bits per heavy atom. The van der Waals surface area contributed by atoms with E-state index in [0.717, 1.165) is 45.1 Å². The molecule has 3 N–H and O–H groups in total. The van der Waals surface area contributed by atoms with Gasteiger partial charge < -0.3 is 4.90 Å². The molecule has 1 aromatic rings. The molecule has 104 valence electrons. The standard InChI is InChI=1S/C12H20N6O/c13-16-11(19)3-1-6-17-7-9-18(10-8-17)12-14-4-2-5-15-12/h2,4-5H,1,3,6-10,13H2,(H,16,19). The van der Waals surface area contributed by atoms with Gasteiger partial charge in [-0.1, -0.05) is 0 Å². The number of nitrogens with one attached hydrogen (secondary N) is 1. The van der Waals surface area contributed by atoms with Crippen molar-refractivity contribution in [1.82, 2.24) is 20.3 Å². The lowest BCUT2D eigenvalue weighted by Gasteiger charge is -2.34. The van der Waals surface area contributed by atoms with Crippen LogP contribution in [-0.4, -0.2) is 53.5 Å². The second-order valence-electron chi connectivity index (χ2n) is 4.55. The van der Waals surface area contributed by atoms with Crippen molar-refractivity contribution in [1.29, 1.82) is 0 Å². The van der Waals surface area contributed by atoms with E-state index >= 15 is 0 Å². The molecule has 0 saturated carbocycles. The number of carbonyl (C=O) groups is 1. The predicted molar refractivity (Wildman–Crippen MR) is 72.2 cm³/mol.